The fourth-order valence-electron chi connectivity index (χ4n) is 0.0919. The highest BCUT2D eigenvalue weighted by atomic mass is 19.1. The number of hydrogen-bond acceptors (Lipinski definition) is 2. The highest BCUT2D eigenvalue weighted by Gasteiger charge is 1.65. The Morgan fingerprint density at radius 2 is 2.50 bits per heavy atom. The molecule has 0 aliphatic heterocycles. The molecule has 0 aromatic rings. The van der Waals surface area contributed by atoms with Crippen molar-refractivity contribution in [3.63, 3.8) is 0 Å². The predicted octanol–water partition coefficient (Wildman–Crippen LogP) is 0.360. The van der Waals surface area contributed by atoms with Crippen molar-refractivity contribution in [1.82, 2.24) is 0 Å². The number of halogens is 1. The molecule has 6 heavy (non-hydrogen) atoms. The third-order valence-electron chi connectivity index (χ3n) is 0.282. The predicted molar refractivity (Wildman–Crippen MR) is 20.4 cm³/mol. The molecule has 0 aromatic carbocycles. The molecule has 36 valence electrons. The highest BCUT2D eigenvalue weighted by Crippen LogP contribution is 1.69. The Balaban J connectivity index is 2.66. The molecule has 0 radical (unpaired) electrons. The summed E-state index contributed by atoms with van der Waals surface area (Å²) >= 11 is 0. The number of rotatable bonds is 2. The van der Waals surface area contributed by atoms with E-state index in [1.165, 1.54) is 6.08 Å². The van der Waals surface area contributed by atoms with Crippen molar-refractivity contribution in [2.75, 3.05) is 6.61 Å². The van der Waals surface area contributed by atoms with Gasteiger partial charge in [0.1, 0.15) is 0 Å². The maximum absolute atomic E-state index is 10.9. The first-order valence-corrected chi connectivity index (χ1v) is 1.48. The van der Waals surface area contributed by atoms with E-state index in [2.05, 4.69) is 10.7 Å². The van der Waals surface area contributed by atoms with Crippen LogP contribution in [0.5, 0.6) is 0 Å². The van der Waals surface area contributed by atoms with Crippen LogP contribution in [0.15, 0.2) is 12.4 Å². The summed E-state index contributed by atoms with van der Waals surface area (Å²) in [5.41, 5.74) is 0. The highest BCUT2D eigenvalue weighted by molar-refractivity contribution is 4.69. The molecule has 0 aromatic heterocycles. The molecule has 0 bridgehead atoms. The summed E-state index contributed by atoms with van der Waals surface area (Å²) in [4.78, 5) is 3.96. The second-order valence-electron chi connectivity index (χ2n) is 0.695. The first kappa shape index (κ1) is 5.59. The fraction of sp³-hybridized carbons (Fsp3) is 0.333. The first-order chi connectivity index (χ1) is 2.91. The molecule has 0 atom stereocenters. The number of hydrogen-bond donors (Lipinski definition) is 1. The zero-order chi connectivity index (χ0) is 4.83. The molecule has 0 amide bonds. The van der Waals surface area contributed by atoms with Crippen LogP contribution in [0.3, 0.4) is 0 Å². The van der Waals surface area contributed by atoms with Gasteiger partial charge >= 0.3 is 0 Å². The number of nitrogens with two attached hydrogens (primary N) is 1. The van der Waals surface area contributed by atoms with Crippen molar-refractivity contribution in [2.45, 2.75) is 0 Å². The van der Waals surface area contributed by atoms with Gasteiger partial charge in [0.25, 0.3) is 0 Å². The van der Waals surface area contributed by atoms with Gasteiger partial charge in [0.15, 0.2) is 0 Å². The molecule has 0 spiro atoms. The Hall–Kier alpha value is -0.410. The second-order valence-corrected chi connectivity index (χ2v) is 0.695. The monoisotopic (exact) mass is 91.0 g/mol. The maximum Gasteiger partial charge on any atom is 0.0885 e. The zero-order valence-electron chi connectivity index (χ0n) is 3.23. The Bertz CT molecular complexity index is 46.1. The SMILES string of the molecule is NOC/C=C/F. The van der Waals surface area contributed by atoms with Crippen LogP contribution in [-0.4, -0.2) is 6.61 Å². The summed E-state index contributed by atoms with van der Waals surface area (Å²) in [6.45, 7) is 0.135. The minimum atomic E-state index is 0.135. The lowest BCUT2D eigenvalue weighted by Crippen LogP contribution is -1.96. The third-order valence-corrected chi connectivity index (χ3v) is 0.282. The Morgan fingerprint density at radius 3 is 2.67 bits per heavy atom. The van der Waals surface area contributed by atoms with Crippen molar-refractivity contribution >= 4 is 0 Å². The van der Waals surface area contributed by atoms with Gasteiger partial charge in [-0.25, -0.2) is 10.3 Å². The van der Waals surface area contributed by atoms with Crippen molar-refractivity contribution < 1.29 is 9.23 Å². The van der Waals surface area contributed by atoms with Gasteiger partial charge in [-0.2, -0.15) is 0 Å². The Labute approximate surface area is 35.4 Å². The van der Waals surface area contributed by atoms with Crippen LogP contribution in [-0.2, 0) is 4.84 Å². The first-order valence-electron chi connectivity index (χ1n) is 1.48. The molecule has 0 fully saturated rings. The molecule has 0 unspecified atom stereocenters. The van der Waals surface area contributed by atoms with Crippen LogP contribution in [0.4, 0.5) is 4.39 Å². The van der Waals surface area contributed by atoms with Gasteiger partial charge in [0, 0.05) is 0 Å². The Morgan fingerprint density at radius 1 is 1.83 bits per heavy atom. The second kappa shape index (κ2) is 4.59. The molecule has 0 aliphatic carbocycles. The molecule has 2 nitrogen and oxygen atoms in total. The van der Waals surface area contributed by atoms with Crippen molar-refractivity contribution in [2.24, 2.45) is 5.90 Å². The van der Waals surface area contributed by atoms with E-state index in [0.717, 1.165) is 0 Å². The standard InChI is InChI=1S/C3H6FNO/c4-2-1-3-6-5/h1-2H,3,5H2/b2-1+. The van der Waals surface area contributed by atoms with E-state index in [4.69, 9.17) is 0 Å². The van der Waals surface area contributed by atoms with Crippen LogP contribution in [0.1, 0.15) is 0 Å². The van der Waals surface area contributed by atoms with Crippen molar-refractivity contribution in [3.05, 3.63) is 12.4 Å². The molecular weight excluding hydrogens is 85.0 g/mol. The van der Waals surface area contributed by atoms with Gasteiger partial charge < -0.3 is 4.84 Å². The molecule has 3 heteroatoms. The smallest absolute Gasteiger partial charge is 0.0885 e. The summed E-state index contributed by atoms with van der Waals surface area (Å²) in [6.07, 6.45) is 1.55. The quantitative estimate of drug-likeness (QED) is 0.498. The van der Waals surface area contributed by atoms with Crippen LogP contribution >= 0.6 is 0 Å². The molecule has 0 saturated carbocycles. The van der Waals surface area contributed by atoms with Crippen LogP contribution < -0.4 is 5.90 Å². The lowest BCUT2D eigenvalue weighted by atomic mass is 10.7. The summed E-state index contributed by atoms with van der Waals surface area (Å²) in [7, 11) is 0. The maximum atomic E-state index is 10.9. The average Bonchev–Trinajstić information content (AvgIpc) is 1.61. The molecule has 0 saturated heterocycles. The molecular formula is C3H6FNO. The van der Waals surface area contributed by atoms with Crippen LogP contribution in [0, 0.1) is 0 Å². The topological polar surface area (TPSA) is 35.2 Å². The minimum absolute atomic E-state index is 0.135. The van der Waals surface area contributed by atoms with Crippen molar-refractivity contribution in [1.29, 1.82) is 0 Å². The molecule has 0 aliphatic rings. The van der Waals surface area contributed by atoms with E-state index in [1.54, 1.807) is 0 Å². The third kappa shape index (κ3) is 3.59. The summed E-state index contributed by atoms with van der Waals surface area (Å²) in [5.74, 6) is 4.50. The van der Waals surface area contributed by atoms with E-state index >= 15 is 0 Å². The summed E-state index contributed by atoms with van der Waals surface area (Å²) < 4.78 is 10.9. The Kier molecular flexibility index (Phi) is 4.28. The van der Waals surface area contributed by atoms with E-state index < -0.39 is 0 Å². The van der Waals surface area contributed by atoms with E-state index in [9.17, 15) is 4.39 Å². The summed E-state index contributed by atoms with van der Waals surface area (Å²) in [6, 6.07) is 0. The average molecular weight is 91.1 g/mol. The molecule has 2 N–H and O–H groups in total. The van der Waals surface area contributed by atoms with E-state index in [-0.39, 0.29) is 6.61 Å². The van der Waals surface area contributed by atoms with Crippen LogP contribution in [0.2, 0.25) is 0 Å². The zero-order valence-corrected chi connectivity index (χ0v) is 3.23. The van der Waals surface area contributed by atoms with Crippen molar-refractivity contribution in [3.8, 4) is 0 Å². The molecule has 0 rings (SSSR count). The van der Waals surface area contributed by atoms with Gasteiger partial charge in [-0.15, -0.1) is 0 Å². The summed E-state index contributed by atoms with van der Waals surface area (Å²) in [5, 5.41) is 0. The minimum Gasteiger partial charge on any atom is -0.300 e. The lowest BCUT2D eigenvalue weighted by Gasteiger charge is -1.80. The van der Waals surface area contributed by atoms with E-state index in [1.807, 2.05) is 0 Å². The van der Waals surface area contributed by atoms with Gasteiger partial charge in [0.05, 0.1) is 12.9 Å². The largest absolute Gasteiger partial charge is 0.300 e. The van der Waals surface area contributed by atoms with Gasteiger partial charge in [0.2, 0.25) is 0 Å². The van der Waals surface area contributed by atoms with Gasteiger partial charge in [-0.05, 0) is 6.08 Å². The molecule has 0 heterocycles. The fourth-order valence-corrected chi connectivity index (χ4v) is 0.0919. The van der Waals surface area contributed by atoms with Gasteiger partial charge in [-0.3, -0.25) is 0 Å². The lowest BCUT2D eigenvalue weighted by molar-refractivity contribution is 0.167. The van der Waals surface area contributed by atoms with Crippen LogP contribution in [0.25, 0.3) is 0 Å². The van der Waals surface area contributed by atoms with Gasteiger partial charge in [-0.1, -0.05) is 0 Å². The van der Waals surface area contributed by atoms with E-state index in [0.29, 0.717) is 6.33 Å². The normalized spacial score (nSPS) is 10.3.